The van der Waals surface area contributed by atoms with Crippen LogP contribution in [0.4, 0.5) is 11.4 Å². The molecule has 0 N–H and O–H groups in total. The van der Waals surface area contributed by atoms with E-state index in [1.807, 2.05) is 37.2 Å². The molecule has 1 amide bonds. The van der Waals surface area contributed by atoms with Gasteiger partial charge >= 0.3 is 0 Å². The van der Waals surface area contributed by atoms with Gasteiger partial charge in [-0.25, -0.2) is 0 Å². The van der Waals surface area contributed by atoms with Gasteiger partial charge in [0.1, 0.15) is 0 Å². The predicted octanol–water partition coefficient (Wildman–Crippen LogP) is 3.13. The number of nitro groups is 1. The van der Waals surface area contributed by atoms with Gasteiger partial charge in [0.15, 0.2) is 0 Å². The zero-order valence-electron chi connectivity index (χ0n) is 16.8. The van der Waals surface area contributed by atoms with E-state index in [1.54, 1.807) is 11.0 Å². The highest BCUT2D eigenvalue weighted by Gasteiger charge is 2.25. The van der Waals surface area contributed by atoms with Gasteiger partial charge in [0.2, 0.25) is 0 Å². The van der Waals surface area contributed by atoms with Gasteiger partial charge in [0.25, 0.3) is 11.6 Å². The second-order valence-corrected chi connectivity index (χ2v) is 7.26. The smallest absolute Gasteiger partial charge is 0.270 e. The molecular formula is C22H26N4O3. The fourth-order valence-corrected chi connectivity index (χ4v) is 3.40. The molecule has 0 spiro atoms. The predicted molar refractivity (Wildman–Crippen MR) is 115 cm³/mol. The summed E-state index contributed by atoms with van der Waals surface area (Å²) in [5, 5.41) is 11.1. The number of rotatable bonds is 6. The van der Waals surface area contributed by atoms with Gasteiger partial charge in [-0.15, -0.1) is 0 Å². The number of nitrogens with zero attached hydrogens (tertiary/aromatic N) is 4. The molecule has 1 heterocycles. The van der Waals surface area contributed by atoms with Crippen molar-refractivity contribution < 1.29 is 9.72 Å². The highest BCUT2D eigenvalue weighted by Crippen LogP contribution is 2.26. The van der Waals surface area contributed by atoms with Crippen molar-refractivity contribution in [1.82, 2.24) is 9.80 Å². The van der Waals surface area contributed by atoms with E-state index >= 15 is 0 Å². The van der Waals surface area contributed by atoms with E-state index in [4.69, 9.17) is 0 Å². The lowest BCUT2D eigenvalue weighted by Crippen LogP contribution is -2.48. The number of piperazine rings is 1. The maximum atomic E-state index is 13.0. The van der Waals surface area contributed by atoms with Gasteiger partial charge < -0.3 is 9.80 Å². The fourth-order valence-electron chi connectivity index (χ4n) is 3.40. The second kappa shape index (κ2) is 9.34. The fraction of sp³-hybridized carbons (Fsp3) is 0.318. The Hall–Kier alpha value is -3.19. The van der Waals surface area contributed by atoms with Gasteiger partial charge in [0, 0.05) is 64.6 Å². The van der Waals surface area contributed by atoms with E-state index in [1.165, 1.54) is 17.7 Å². The van der Waals surface area contributed by atoms with Crippen molar-refractivity contribution in [3.63, 3.8) is 0 Å². The normalized spacial score (nSPS) is 14.9. The summed E-state index contributed by atoms with van der Waals surface area (Å²) in [6.45, 7) is 3.59. The lowest BCUT2D eigenvalue weighted by Gasteiger charge is -2.34. The summed E-state index contributed by atoms with van der Waals surface area (Å²) in [4.78, 5) is 29.6. The van der Waals surface area contributed by atoms with Crippen molar-refractivity contribution in [3.8, 4) is 0 Å². The third-order valence-electron chi connectivity index (χ3n) is 5.04. The summed E-state index contributed by atoms with van der Waals surface area (Å²) in [6, 6.07) is 14.6. The Labute approximate surface area is 171 Å². The van der Waals surface area contributed by atoms with Gasteiger partial charge in [0.05, 0.1) is 10.5 Å². The van der Waals surface area contributed by atoms with E-state index in [0.717, 1.165) is 19.6 Å². The monoisotopic (exact) mass is 394 g/mol. The van der Waals surface area contributed by atoms with E-state index in [9.17, 15) is 14.9 Å². The summed E-state index contributed by atoms with van der Waals surface area (Å²) >= 11 is 0. The van der Waals surface area contributed by atoms with Crippen LogP contribution < -0.4 is 4.90 Å². The maximum absolute atomic E-state index is 13.0. The number of anilines is 1. The largest absolute Gasteiger partial charge is 0.377 e. The Bertz CT molecular complexity index is 888. The summed E-state index contributed by atoms with van der Waals surface area (Å²) in [7, 11) is 3.66. The molecule has 1 saturated heterocycles. The van der Waals surface area contributed by atoms with E-state index in [0.29, 0.717) is 24.3 Å². The molecule has 0 aliphatic carbocycles. The summed E-state index contributed by atoms with van der Waals surface area (Å²) in [5.41, 5.74) is 2.17. The number of hydrogen-bond donors (Lipinski definition) is 0. The maximum Gasteiger partial charge on any atom is 0.270 e. The Morgan fingerprint density at radius 2 is 1.79 bits per heavy atom. The summed E-state index contributed by atoms with van der Waals surface area (Å²) < 4.78 is 0. The van der Waals surface area contributed by atoms with Crippen LogP contribution in [0.5, 0.6) is 0 Å². The van der Waals surface area contributed by atoms with Crippen LogP contribution in [-0.4, -0.2) is 67.4 Å². The molecule has 7 heteroatoms. The first kappa shape index (κ1) is 20.5. The Morgan fingerprint density at radius 1 is 1.10 bits per heavy atom. The van der Waals surface area contributed by atoms with Crippen LogP contribution in [0.15, 0.2) is 54.6 Å². The van der Waals surface area contributed by atoms with Crippen molar-refractivity contribution in [2.45, 2.75) is 0 Å². The Balaban J connectivity index is 1.62. The molecule has 0 unspecified atom stereocenters. The van der Waals surface area contributed by atoms with Crippen LogP contribution in [0.25, 0.3) is 6.08 Å². The number of hydrogen-bond acceptors (Lipinski definition) is 5. The molecule has 2 aromatic rings. The zero-order valence-corrected chi connectivity index (χ0v) is 16.8. The number of nitro benzene ring substituents is 1. The van der Waals surface area contributed by atoms with Crippen LogP contribution >= 0.6 is 0 Å². The number of benzene rings is 2. The third kappa shape index (κ3) is 5.20. The van der Waals surface area contributed by atoms with Gasteiger partial charge in [-0.1, -0.05) is 42.5 Å². The minimum absolute atomic E-state index is 0.0661. The van der Waals surface area contributed by atoms with Crippen molar-refractivity contribution in [1.29, 1.82) is 0 Å². The van der Waals surface area contributed by atoms with E-state index < -0.39 is 4.92 Å². The first-order valence-corrected chi connectivity index (χ1v) is 9.64. The topological polar surface area (TPSA) is 69.9 Å². The minimum atomic E-state index is -0.465. The van der Waals surface area contributed by atoms with Crippen LogP contribution in [0.2, 0.25) is 0 Å². The van der Waals surface area contributed by atoms with Crippen LogP contribution in [0.3, 0.4) is 0 Å². The molecule has 0 bridgehead atoms. The van der Waals surface area contributed by atoms with E-state index in [2.05, 4.69) is 29.2 Å². The number of carbonyl (C=O) groups excluding carboxylic acids is 1. The van der Waals surface area contributed by atoms with Crippen molar-refractivity contribution in [2.24, 2.45) is 0 Å². The molecule has 7 nitrogen and oxygen atoms in total. The molecule has 152 valence electrons. The molecule has 0 aromatic heterocycles. The number of amides is 1. The molecule has 2 aromatic carbocycles. The van der Waals surface area contributed by atoms with Crippen LogP contribution in [-0.2, 0) is 0 Å². The standard InChI is InChI=1S/C22H26N4O3/c1-23(2)21-11-10-19(26(28)29)17-20(21)22(27)25-15-13-24(14-16-25)12-6-9-18-7-4-3-5-8-18/h3-11,17H,12-16H2,1-2H3/b9-6+. The molecule has 0 radical (unpaired) electrons. The molecule has 1 aliphatic heterocycles. The van der Waals surface area contributed by atoms with Gasteiger partial charge in [-0.05, 0) is 11.6 Å². The first-order valence-electron chi connectivity index (χ1n) is 9.64. The highest BCUT2D eigenvalue weighted by atomic mass is 16.6. The molecule has 0 atom stereocenters. The molecule has 0 saturated carbocycles. The van der Waals surface area contributed by atoms with Gasteiger partial charge in [-0.2, -0.15) is 0 Å². The summed E-state index contributed by atoms with van der Waals surface area (Å²) in [6.07, 6.45) is 4.24. The minimum Gasteiger partial charge on any atom is -0.377 e. The highest BCUT2D eigenvalue weighted by molar-refractivity contribution is 6.00. The molecule has 1 aliphatic rings. The second-order valence-electron chi connectivity index (χ2n) is 7.26. The molecule has 3 rings (SSSR count). The number of non-ortho nitro benzene ring substituents is 1. The van der Waals surface area contributed by atoms with Crippen LogP contribution in [0.1, 0.15) is 15.9 Å². The van der Waals surface area contributed by atoms with E-state index in [-0.39, 0.29) is 11.6 Å². The van der Waals surface area contributed by atoms with Crippen molar-refractivity contribution in [3.05, 3.63) is 75.8 Å². The Morgan fingerprint density at radius 3 is 2.41 bits per heavy atom. The first-order chi connectivity index (χ1) is 14.0. The zero-order chi connectivity index (χ0) is 20.8. The quantitative estimate of drug-likeness (QED) is 0.556. The molecule has 1 fully saturated rings. The van der Waals surface area contributed by atoms with Crippen molar-refractivity contribution in [2.75, 3.05) is 51.7 Å². The SMILES string of the molecule is CN(C)c1ccc([N+](=O)[O-])cc1C(=O)N1CCN(C/C=C/c2ccccc2)CC1. The molecular weight excluding hydrogens is 368 g/mol. The Kier molecular flexibility index (Phi) is 6.61. The molecule has 29 heavy (non-hydrogen) atoms. The number of carbonyl (C=O) groups is 1. The van der Waals surface area contributed by atoms with Crippen molar-refractivity contribution >= 4 is 23.4 Å². The average molecular weight is 394 g/mol. The lowest BCUT2D eigenvalue weighted by molar-refractivity contribution is -0.384. The van der Waals surface area contributed by atoms with Crippen LogP contribution in [0, 0.1) is 10.1 Å². The van der Waals surface area contributed by atoms with Gasteiger partial charge in [-0.3, -0.25) is 19.8 Å². The average Bonchev–Trinajstić information content (AvgIpc) is 2.74. The summed E-state index contributed by atoms with van der Waals surface area (Å²) in [5.74, 6) is -0.156. The third-order valence-corrected chi connectivity index (χ3v) is 5.04. The lowest BCUT2D eigenvalue weighted by atomic mass is 10.1.